The molecule has 96 valence electrons. The Kier molecular flexibility index (Phi) is 2.84. The number of hydrogen-bond donors (Lipinski definition) is 2. The number of fused-ring (bicyclic) bond motifs is 1. The molecule has 2 atom stereocenters. The first-order valence-corrected chi connectivity index (χ1v) is 6.55. The highest BCUT2D eigenvalue weighted by molar-refractivity contribution is 5.78. The van der Waals surface area contributed by atoms with Gasteiger partial charge in [0.25, 0.3) is 0 Å². The third-order valence-corrected chi connectivity index (χ3v) is 3.85. The smallest absolute Gasteiger partial charge is 0.0857 e. The van der Waals surface area contributed by atoms with Crippen molar-refractivity contribution < 1.29 is 5.11 Å². The Morgan fingerprint density at radius 1 is 1.44 bits per heavy atom. The van der Waals surface area contributed by atoms with Crippen LogP contribution in [0.15, 0.2) is 30.5 Å². The zero-order valence-electron chi connectivity index (χ0n) is 10.4. The summed E-state index contributed by atoms with van der Waals surface area (Å²) >= 11 is 0. The van der Waals surface area contributed by atoms with Crippen molar-refractivity contribution >= 4 is 10.9 Å². The molecule has 2 aromatic rings. The summed E-state index contributed by atoms with van der Waals surface area (Å²) in [6, 6.07) is 8.19. The molecule has 1 aromatic carbocycles. The molecule has 0 spiro atoms. The number of benzene rings is 1. The second-order valence-electron chi connectivity index (χ2n) is 5.44. The molecule has 1 saturated carbocycles. The van der Waals surface area contributed by atoms with E-state index in [2.05, 4.69) is 5.10 Å². The maximum atomic E-state index is 10.6. The van der Waals surface area contributed by atoms with E-state index in [4.69, 9.17) is 5.73 Å². The summed E-state index contributed by atoms with van der Waals surface area (Å²) in [5, 5.41) is 16.1. The van der Waals surface area contributed by atoms with Crippen LogP contribution in [0.5, 0.6) is 0 Å². The molecule has 1 aliphatic rings. The van der Waals surface area contributed by atoms with Crippen molar-refractivity contribution in [1.29, 1.82) is 0 Å². The van der Waals surface area contributed by atoms with Crippen LogP contribution < -0.4 is 5.73 Å². The van der Waals surface area contributed by atoms with E-state index < -0.39 is 5.60 Å². The van der Waals surface area contributed by atoms with Crippen LogP contribution in [0.25, 0.3) is 10.9 Å². The number of aromatic nitrogens is 2. The van der Waals surface area contributed by atoms with Crippen LogP contribution in [0.3, 0.4) is 0 Å². The van der Waals surface area contributed by atoms with E-state index in [1.807, 2.05) is 35.1 Å². The van der Waals surface area contributed by atoms with Crippen LogP contribution >= 0.6 is 0 Å². The summed E-state index contributed by atoms with van der Waals surface area (Å²) < 4.78 is 1.90. The van der Waals surface area contributed by atoms with Crippen molar-refractivity contribution in [3.8, 4) is 0 Å². The molecular formula is C14H19N3O. The molecule has 3 N–H and O–H groups in total. The van der Waals surface area contributed by atoms with E-state index in [9.17, 15) is 5.11 Å². The highest BCUT2D eigenvalue weighted by atomic mass is 16.3. The van der Waals surface area contributed by atoms with Gasteiger partial charge >= 0.3 is 0 Å². The summed E-state index contributed by atoms with van der Waals surface area (Å²) in [5.74, 6) is 0. The van der Waals surface area contributed by atoms with Gasteiger partial charge in [0.15, 0.2) is 0 Å². The summed E-state index contributed by atoms with van der Waals surface area (Å²) in [5.41, 5.74) is 6.33. The molecule has 1 aromatic heterocycles. The zero-order valence-corrected chi connectivity index (χ0v) is 10.4. The van der Waals surface area contributed by atoms with E-state index in [1.165, 1.54) is 0 Å². The Morgan fingerprint density at radius 2 is 2.28 bits per heavy atom. The lowest BCUT2D eigenvalue weighted by molar-refractivity contribution is -0.0190. The first-order valence-electron chi connectivity index (χ1n) is 6.55. The molecule has 4 nitrogen and oxygen atoms in total. The van der Waals surface area contributed by atoms with E-state index >= 15 is 0 Å². The van der Waals surface area contributed by atoms with Gasteiger partial charge in [-0.15, -0.1) is 0 Å². The maximum Gasteiger partial charge on any atom is 0.0857 e. The zero-order chi connectivity index (χ0) is 12.6. The van der Waals surface area contributed by atoms with Gasteiger partial charge in [-0.1, -0.05) is 18.2 Å². The lowest BCUT2D eigenvalue weighted by Gasteiger charge is -2.35. The third-order valence-electron chi connectivity index (χ3n) is 3.85. The standard InChI is InChI=1S/C14H19N3O/c15-12-5-3-7-14(18,8-12)10-17-13-6-2-1-4-11(13)9-16-17/h1-2,4,6,9,12,18H,3,5,7-8,10,15H2. The minimum atomic E-state index is -0.702. The van der Waals surface area contributed by atoms with Gasteiger partial charge in [0.1, 0.15) is 0 Å². The first-order chi connectivity index (χ1) is 8.66. The fraction of sp³-hybridized carbons (Fsp3) is 0.500. The number of para-hydroxylation sites is 1. The van der Waals surface area contributed by atoms with Crippen molar-refractivity contribution in [2.75, 3.05) is 0 Å². The van der Waals surface area contributed by atoms with E-state index in [0.29, 0.717) is 13.0 Å². The van der Waals surface area contributed by atoms with Crippen molar-refractivity contribution in [2.24, 2.45) is 5.73 Å². The van der Waals surface area contributed by atoms with Crippen molar-refractivity contribution in [3.63, 3.8) is 0 Å². The molecule has 3 rings (SSSR count). The van der Waals surface area contributed by atoms with Crippen LogP contribution in [0.2, 0.25) is 0 Å². The second-order valence-corrected chi connectivity index (χ2v) is 5.44. The molecule has 4 heteroatoms. The van der Waals surface area contributed by atoms with Crippen molar-refractivity contribution in [3.05, 3.63) is 30.5 Å². The van der Waals surface area contributed by atoms with Gasteiger partial charge in [-0.25, -0.2) is 0 Å². The van der Waals surface area contributed by atoms with Gasteiger partial charge < -0.3 is 10.8 Å². The van der Waals surface area contributed by atoms with Crippen LogP contribution in [-0.2, 0) is 6.54 Å². The second kappa shape index (κ2) is 4.37. The summed E-state index contributed by atoms with van der Waals surface area (Å²) in [7, 11) is 0. The largest absolute Gasteiger partial charge is 0.388 e. The highest BCUT2D eigenvalue weighted by Gasteiger charge is 2.33. The molecule has 0 saturated heterocycles. The van der Waals surface area contributed by atoms with Gasteiger partial charge in [0, 0.05) is 11.4 Å². The van der Waals surface area contributed by atoms with E-state index in [-0.39, 0.29) is 6.04 Å². The normalized spacial score (nSPS) is 28.7. The van der Waals surface area contributed by atoms with Crippen molar-refractivity contribution in [2.45, 2.75) is 43.9 Å². The molecule has 0 radical (unpaired) electrons. The molecule has 0 aliphatic heterocycles. The van der Waals surface area contributed by atoms with E-state index in [0.717, 1.165) is 30.2 Å². The van der Waals surface area contributed by atoms with Crippen molar-refractivity contribution in [1.82, 2.24) is 9.78 Å². The number of nitrogens with zero attached hydrogens (tertiary/aromatic N) is 2. The fourth-order valence-corrected chi connectivity index (χ4v) is 2.96. The first kappa shape index (κ1) is 11.7. The SMILES string of the molecule is NC1CCCC(O)(Cn2ncc3ccccc32)C1. The number of rotatable bonds is 2. The van der Waals surface area contributed by atoms with Crippen LogP contribution in [-0.4, -0.2) is 26.5 Å². The average molecular weight is 245 g/mol. The molecule has 0 bridgehead atoms. The summed E-state index contributed by atoms with van der Waals surface area (Å²) in [6.45, 7) is 0.536. The predicted octanol–water partition coefficient (Wildman–Crippen LogP) is 1.67. The fourth-order valence-electron chi connectivity index (χ4n) is 2.96. The Morgan fingerprint density at radius 3 is 3.11 bits per heavy atom. The molecule has 1 fully saturated rings. The van der Waals surface area contributed by atoms with Gasteiger partial charge in [0.2, 0.25) is 0 Å². The number of nitrogens with two attached hydrogens (primary N) is 1. The lowest BCUT2D eigenvalue weighted by atomic mass is 9.82. The van der Waals surface area contributed by atoms with Crippen LogP contribution in [0.1, 0.15) is 25.7 Å². The summed E-state index contributed by atoms with van der Waals surface area (Å²) in [4.78, 5) is 0. The Bertz CT molecular complexity index is 551. The van der Waals surface area contributed by atoms with Gasteiger partial charge in [0.05, 0.1) is 23.9 Å². The highest BCUT2D eigenvalue weighted by Crippen LogP contribution is 2.29. The lowest BCUT2D eigenvalue weighted by Crippen LogP contribution is -2.44. The Balaban J connectivity index is 1.87. The molecule has 18 heavy (non-hydrogen) atoms. The van der Waals surface area contributed by atoms with Crippen LogP contribution in [0.4, 0.5) is 0 Å². The average Bonchev–Trinajstić information content (AvgIpc) is 2.72. The van der Waals surface area contributed by atoms with Gasteiger partial charge in [-0.3, -0.25) is 4.68 Å². The topological polar surface area (TPSA) is 64.1 Å². The minimum Gasteiger partial charge on any atom is -0.388 e. The molecule has 1 aliphatic carbocycles. The van der Waals surface area contributed by atoms with Gasteiger partial charge in [-0.05, 0) is 31.7 Å². The predicted molar refractivity (Wildman–Crippen MR) is 71.1 cm³/mol. The summed E-state index contributed by atoms with van der Waals surface area (Å²) in [6.07, 6.45) is 5.34. The molecular weight excluding hydrogens is 226 g/mol. The molecule has 0 amide bonds. The Labute approximate surface area is 106 Å². The van der Waals surface area contributed by atoms with Crippen LogP contribution in [0, 0.1) is 0 Å². The molecule has 1 heterocycles. The van der Waals surface area contributed by atoms with E-state index in [1.54, 1.807) is 0 Å². The molecule has 2 unspecified atom stereocenters. The number of aliphatic hydroxyl groups is 1. The Hall–Kier alpha value is -1.39. The minimum absolute atomic E-state index is 0.116. The van der Waals surface area contributed by atoms with Gasteiger partial charge in [-0.2, -0.15) is 5.10 Å². The number of hydrogen-bond acceptors (Lipinski definition) is 3. The maximum absolute atomic E-state index is 10.6. The monoisotopic (exact) mass is 245 g/mol. The third kappa shape index (κ3) is 2.13. The quantitative estimate of drug-likeness (QED) is 0.846.